The van der Waals surface area contributed by atoms with Crippen molar-refractivity contribution in [1.29, 1.82) is 0 Å². The molecule has 0 saturated heterocycles. The van der Waals surface area contributed by atoms with Crippen LogP contribution in [0.1, 0.15) is 31.4 Å². The molecule has 1 amide bonds. The molecule has 0 radical (unpaired) electrons. The molecule has 4 nitrogen and oxygen atoms in total. The van der Waals surface area contributed by atoms with Gasteiger partial charge in [0.25, 0.3) is 0 Å². The average Bonchev–Trinajstić information content (AvgIpc) is 3.23. The average molecular weight is 380 g/mol. The van der Waals surface area contributed by atoms with Crippen LogP contribution in [0.25, 0.3) is 0 Å². The molecule has 1 aliphatic rings. The highest BCUT2D eigenvalue weighted by Crippen LogP contribution is 2.36. The zero-order valence-electron chi connectivity index (χ0n) is 16.5. The van der Waals surface area contributed by atoms with Gasteiger partial charge in [-0.1, -0.05) is 24.0 Å². The maximum Gasteiger partial charge on any atom is 0.228 e. The van der Waals surface area contributed by atoms with Gasteiger partial charge in [-0.3, -0.25) is 9.79 Å². The minimum absolute atomic E-state index is 0.316. The van der Waals surface area contributed by atoms with Crippen LogP contribution in [0, 0.1) is 29.1 Å². The molecule has 0 bridgehead atoms. The van der Waals surface area contributed by atoms with Crippen molar-refractivity contribution in [3.05, 3.63) is 47.0 Å². The summed E-state index contributed by atoms with van der Waals surface area (Å²) in [7, 11) is 1.49. The molecule has 1 aromatic carbocycles. The number of nitrogens with one attached hydrogen (secondary N) is 1. The van der Waals surface area contributed by atoms with Crippen LogP contribution in [0.3, 0.4) is 0 Å². The van der Waals surface area contributed by atoms with Gasteiger partial charge in [0.05, 0.1) is 12.0 Å². The lowest BCUT2D eigenvalue weighted by molar-refractivity contribution is -0.149. The lowest BCUT2D eigenvalue weighted by Crippen LogP contribution is -2.54. The first kappa shape index (κ1) is 21.4. The van der Waals surface area contributed by atoms with Gasteiger partial charge < -0.3 is 10.4 Å². The van der Waals surface area contributed by atoms with E-state index in [1.807, 2.05) is 30.3 Å². The molecule has 0 spiro atoms. The van der Waals surface area contributed by atoms with E-state index in [0.29, 0.717) is 19.4 Å². The molecular formula is C23H25FN2O2. The van der Waals surface area contributed by atoms with Gasteiger partial charge in [-0.05, 0) is 62.3 Å². The largest absolute Gasteiger partial charge is 0.386 e. The third-order valence-corrected chi connectivity index (χ3v) is 5.17. The Labute approximate surface area is 166 Å². The van der Waals surface area contributed by atoms with Gasteiger partial charge in [-0.15, -0.1) is 0 Å². The zero-order chi connectivity index (χ0) is 20.6. The van der Waals surface area contributed by atoms with Crippen LogP contribution in [0.15, 0.2) is 40.9 Å². The molecule has 2 atom stereocenters. The van der Waals surface area contributed by atoms with Crippen LogP contribution < -0.4 is 5.32 Å². The van der Waals surface area contributed by atoms with E-state index in [2.05, 4.69) is 34.0 Å². The van der Waals surface area contributed by atoms with Crippen molar-refractivity contribution in [3.8, 4) is 23.7 Å². The van der Waals surface area contributed by atoms with Crippen molar-refractivity contribution in [1.82, 2.24) is 5.32 Å². The number of hydrogen-bond donors (Lipinski definition) is 2. The topological polar surface area (TPSA) is 61.7 Å². The predicted octanol–water partition coefficient (Wildman–Crippen LogP) is 2.46. The number of benzene rings is 1. The number of carbonyl (C=O) groups is 1. The Kier molecular flexibility index (Phi) is 7.15. The molecule has 0 saturated carbocycles. The molecule has 0 aliphatic carbocycles. The molecule has 5 heteroatoms. The SMILES string of the molecule is CNC(=O)C(C)(CCc1ccc(C#CC#CC2=CCN=C2)cc1)[C@](C)(O)CF. The van der Waals surface area contributed by atoms with Crippen molar-refractivity contribution in [3.63, 3.8) is 0 Å². The van der Waals surface area contributed by atoms with Crippen LogP contribution in [0.4, 0.5) is 4.39 Å². The summed E-state index contributed by atoms with van der Waals surface area (Å²) in [5.41, 5.74) is -0.280. The number of alkyl halides is 1. The Bertz CT molecular complexity index is 893. The summed E-state index contributed by atoms with van der Waals surface area (Å²) in [5.74, 6) is 11.1. The van der Waals surface area contributed by atoms with Gasteiger partial charge in [0.2, 0.25) is 5.91 Å². The number of halogens is 1. The molecular weight excluding hydrogens is 355 g/mol. The highest BCUT2D eigenvalue weighted by atomic mass is 19.1. The van der Waals surface area contributed by atoms with E-state index in [-0.39, 0.29) is 5.91 Å². The number of aliphatic hydroxyl groups is 1. The van der Waals surface area contributed by atoms with Crippen molar-refractivity contribution >= 4 is 12.1 Å². The Hall–Kier alpha value is -2.89. The fraction of sp³-hybridized carbons (Fsp3) is 0.391. The Morgan fingerprint density at radius 1 is 1.25 bits per heavy atom. The molecule has 2 N–H and O–H groups in total. The number of aliphatic imine (C=N–C) groups is 1. The molecule has 1 aliphatic heterocycles. The minimum atomic E-state index is -1.74. The van der Waals surface area contributed by atoms with E-state index < -0.39 is 17.7 Å². The van der Waals surface area contributed by atoms with E-state index in [9.17, 15) is 14.3 Å². The van der Waals surface area contributed by atoms with E-state index in [0.717, 1.165) is 16.7 Å². The van der Waals surface area contributed by atoms with Gasteiger partial charge in [0, 0.05) is 24.4 Å². The minimum Gasteiger partial charge on any atom is -0.386 e. The predicted molar refractivity (Wildman–Crippen MR) is 110 cm³/mol. The second kappa shape index (κ2) is 9.35. The maximum atomic E-state index is 13.3. The number of nitrogens with zero attached hydrogens (tertiary/aromatic N) is 1. The van der Waals surface area contributed by atoms with E-state index in [1.165, 1.54) is 14.0 Å². The monoisotopic (exact) mass is 380 g/mol. The Balaban J connectivity index is 2.03. The van der Waals surface area contributed by atoms with Crippen molar-refractivity contribution in [2.45, 2.75) is 32.3 Å². The lowest BCUT2D eigenvalue weighted by atomic mass is 9.70. The van der Waals surface area contributed by atoms with Gasteiger partial charge >= 0.3 is 0 Å². The molecule has 0 fully saturated rings. The molecule has 1 aromatic rings. The zero-order valence-corrected chi connectivity index (χ0v) is 16.5. The first-order valence-electron chi connectivity index (χ1n) is 9.14. The smallest absolute Gasteiger partial charge is 0.228 e. The quantitative estimate of drug-likeness (QED) is 0.745. The highest BCUT2D eigenvalue weighted by molar-refractivity contribution is 5.87. The summed E-state index contributed by atoms with van der Waals surface area (Å²) >= 11 is 0. The standard InChI is InChI=1S/C23H25FN2O2/c1-22(21(27)25-3,23(2,28)17-24)14-12-19-10-8-18(9-11-19)6-4-5-7-20-13-15-26-16-20/h8-11,13,16,28H,12,14-15,17H2,1-3H3,(H,25,27)/t22?,23-/m1/s1. The van der Waals surface area contributed by atoms with E-state index in [4.69, 9.17) is 0 Å². The molecule has 28 heavy (non-hydrogen) atoms. The molecule has 0 aromatic heterocycles. The second-order valence-corrected chi connectivity index (χ2v) is 7.17. The fourth-order valence-corrected chi connectivity index (χ4v) is 2.84. The summed E-state index contributed by atoms with van der Waals surface area (Å²) < 4.78 is 13.3. The van der Waals surface area contributed by atoms with Crippen molar-refractivity contribution in [2.75, 3.05) is 20.3 Å². The van der Waals surface area contributed by atoms with Crippen LogP contribution in [-0.4, -0.2) is 43.1 Å². The van der Waals surface area contributed by atoms with E-state index in [1.54, 1.807) is 13.1 Å². The number of carbonyl (C=O) groups excluding carboxylic acids is 1. The number of amides is 1. The Morgan fingerprint density at radius 3 is 2.50 bits per heavy atom. The molecule has 1 heterocycles. The molecule has 146 valence electrons. The number of rotatable bonds is 6. The first-order valence-corrected chi connectivity index (χ1v) is 9.14. The molecule has 2 rings (SSSR count). The highest BCUT2D eigenvalue weighted by Gasteiger charge is 2.48. The molecule has 1 unspecified atom stereocenters. The number of hydrogen-bond acceptors (Lipinski definition) is 3. The normalized spacial score (nSPS) is 16.5. The lowest BCUT2D eigenvalue weighted by Gasteiger charge is -2.39. The summed E-state index contributed by atoms with van der Waals surface area (Å²) in [6, 6.07) is 7.59. The number of aryl methyl sites for hydroxylation is 1. The van der Waals surface area contributed by atoms with Crippen LogP contribution in [0.2, 0.25) is 0 Å². The summed E-state index contributed by atoms with van der Waals surface area (Å²) in [6.45, 7) is 2.64. The summed E-state index contributed by atoms with van der Waals surface area (Å²) in [6.07, 6.45) is 4.52. The first-order chi connectivity index (χ1) is 13.3. The van der Waals surface area contributed by atoms with Crippen LogP contribution in [-0.2, 0) is 11.2 Å². The summed E-state index contributed by atoms with van der Waals surface area (Å²) in [4.78, 5) is 16.3. The van der Waals surface area contributed by atoms with Gasteiger partial charge in [-0.2, -0.15) is 0 Å². The number of allylic oxidation sites excluding steroid dienone is 1. The van der Waals surface area contributed by atoms with Crippen molar-refractivity contribution < 1.29 is 14.3 Å². The fourth-order valence-electron chi connectivity index (χ4n) is 2.84. The second-order valence-electron chi connectivity index (χ2n) is 7.17. The van der Waals surface area contributed by atoms with Gasteiger partial charge in [-0.25, -0.2) is 4.39 Å². The van der Waals surface area contributed by atoms with Gasteiger partial charge in [0.1, 0.15) is 12.3 Å². The summed E-state index contributed by atoms with van der Waals surface area (Å²) in [5, 5.41) is 12.9. The van der Waals surface area contributed by atoms with Crippen LogP contribution in [0.5, 0.6) is 0 Å². The van der Waals surface area contributed by atoms with Gasteiger partial charge in [0.15, 0.2) is 0 Å². The third-order valence-electron chi connectivity index (χ3n) is 5.17. The Morgan fingerprint density at radius 2 is 1.93 bits per heavy atom. The van der Waals surface area contributed by atoms with E-state index >= 15 is 0 Å². The van der Waals surface area contributed by atoms with Crippen molar-refractivity contribution in [2.24, 2.45) is 10.4 Å². The van der Waals surface area contributed by atoms with Crippen LogP contribution >= 0.6 is 0 Å². The maximum absolute atomic E-state index is 13.3. The third kappa shape index (κ3) is 5.09.